The molecular formula is C10H24O3. The molecule has 0 aliphatic carbocycles. The second kappa shape index (κ2) is 9.52. The Morgan fingerprint density at radius 1 is 1.31 bits per heavy atom. The van der Waals surface area contributed by atoms with Crippen LogP contribution in [-0.2, 0) is 14.3 Å². The predicted molar refractivity (Wildman–Crippen MR) is 55.8 cm³/mol. The van der Waals surface area contributed by atoms with Crippen LogP contribution in [0, 0.1) is 0 Å². The molecule has 0 aromatic rings. The molecule has 0 saturated carbocycles. The van der Waals surface area contributed by atoms with Gasteiger partial charge in [-0.2, -0.15) is 0 Å². The first-order valence-corrected chi connectivity index (χ1v) is 3.85. The van der Waals surface area contributed by atoms with Gasteiger partial charge < -0.3 is 9.47 Å². The van der Waals surface area contributed by atoms with Crippen LogP contribution in [0.4, 0.5) is 0 Å². The molecule has 0 N–H and O–H groups in total. The van der Waals surface area contributed by atoms with Gasteiger partial charge in [0.05, 0.1) is 6.10 Å². The van der Waals surface area contributed by atoms with Crippen molar-refractivity contribution in [3.8, 4) is 0 Å². The Bertz CT molecular complexity index is 123. The van der Waals surface area contributed by atoms with Crippen LogP contribution in [0.2, 0.25) is 0 Å². The highest BCUT2D eigenvalue weighted by Gasteiger charge is 2.14. The zero-order valence-corrected chi connectivity index (χ0v) is 7.59. The molecule has 0 spiro atoms. The average molecular weight is 192 g/mol. The molecule has 3 heteroatoms. The third-order valence-corrected chi connectivity index (χ3v) is 1.58. The largest absolute Gasteiger partial charge is 0.461 e. The number of hydrogen-bond acceptors (Lipinski definition) is 3. The molecule has 0 saturated heterocycles. The Morgan fingerprint density at radius 2 is 1.77 bits per heavy atom. The van der Waals surface area contributed by atoms with E-state index < -0.39 is 6.10 Å². The Kier molecular flexibility index (Phi) is 13.4. The molecule has 13 heavy (non-hydrogen) atoms. The summed E-state index contributed by atoms with van der Waals surface area (Å²) in [4.78, 5) is 11.0. The van der Waals surface area contributed by atoms with Crippen LogP contribution in [0.5, 0.6) is 0 Å². The number of ether oxygens (including phenoxy) is 2. The summed E-state index contributed by atoms with van der Waals surface area (Å²) in [5.41, 5.74) is 0. The highest BCUT2D eigenvalue weighted by molar-refractivity contribution is 5.74. The molecule has 0 fully saturated rings. The van der Waals surface area contributed by atoms with E-state index in [1.807, 2.05) is 13.8 Å². The highest BCUT2D eigenvalue weighted by Crippen LogP contribution is 2.00. The van der Waals surface area contributed by atoms with Gasteiger partial charge in [0.2, 0.25) is 0 Å². The van der Waals surface area contributed by atoms with Gasteiger partial charge in [0, 0.05) is 7.11 Å². The van der Waals surface area contributed by atoms with Crippen molar-refractivity contribution in [2.75, 3.05) is 7.11 Å². The minimum atomic E-state index is -0.455. The van der Waals surface area contributed by atoms with Gasteiger partial charge in [-0.15, -0.1) is 0 Å². The fourth-order valence-electron chi connectivity index (χ4n) is 0.474. The summed E-state index contributed by atoms with van der Waals surface area (Å²) in [7, 11) is 1.49. The van der Waals surface area contributed by atoms with Gasteiger partial charge in [-0.25, -0.2) is 4.79 Å². The first-order chi connectivity index (χ1) is 5.11. The van der Waals surface area contributed by atoms with Crippen molar-refractivity contribution >= 4 is 5.97 Å². The molecule has 0 radical (unpaired) electrons. The molecule has 0 amide bonds. The number of carbonyl (C=O) groups excluding carboxylic acids is 1. The van der Waals surface area contributed by atoms with E-state index in [0.29, 0.717) is 0 Å². The van der Waals surface area contributed by atoms with Gasteiger partial charge in [0.15, 0.2) is 6.10 Å². The second-order valence-electron chi connectivity index (χ2n) is 2.53. The number of methoxy groups -OCH3 is 1. The molecule has 0 aromatic carbocycles. The molecule has 2 unspecified atom stereocenters. The summed E-state index contributed by atoms with van der Waals surface area (Å²) in [5.74, 6) is -0.290. The van der Waals surface area contributed by atoms with Gasteiger partial charge in [0.1, 0.15) is 0 Å². The Hall–Kier alpha value is -0.570. The van der Waals surface area contributed by atoms with Crippen LogP contribution in [0.3, 0.4) is 0 Å². The Morgan fingerprint density at radius 3 is 2.08 bits per heavy atom. The van der Waals surface area contributed by atoms with E-state index in [1.54, 1.807) is 6.92 Å². The van der Waals surface area contributed by atoms with Crippen molar-refractivity contribution in [2.45, 2.75) is 54.3 Å². The van der Waals surface area contributed by atoms with E-state index in [1.165, 1.54) is 7.11 Å². The van der Waals surface area contributed by atoms with Crippen LogP contribution in [0.25, 0.3) is 0 Å². The zero-order valence-electron chi connectivity index (χ0n) is 7.59. The molecule has 3 nitrogen and oxygen atoms in total. The fourth-order valence-corrected chi connectivity index (χ4v) is 0.474. The van der Waals surface area contributed by atoms with E-state index in [9.17, 15) is 4.79 Å². The van der Waals surface area contributed by atoms with Gasteiger partial charge in [-0.1, -0.05) is 21.8 Å². The van der Waals surface area contributed by atoms with Crippen LogP contribution in [0.1, 0.15) is 42.0 Å². The minimum absolute atomic E-state index is 0. The Balaban J connectivity index is -0.000000500. The predicted octanol–water partition coefficient (Wildman–Crippen LogP) is 2.64. The lowest BCUT2D eigenvalue weighted by molar-refractivity contribution is -0.159. The van der Waals surface area contributed by atoms with E-state index in [-0.39, 0.29) is 26.9 Å². The van der Waals surface area contributed by atoms with Crippen LogP contribution < -0.4 is 0 Å². The van der Waals surface area contributed by atoms with Gasteiger partial charge in [-0.3, -0.25) is 0 Å². The standard InChI is InChI=1S/C8H16O3.2CH4/c1-5-6(2)11-8(9)7(3)10-4;;/h6-7H,5H2,1-4H3;2*1H4. The quantitative estimate of drug-likeness (QED) is 0.642. The smallest absolute Gasteiger partial charge is 0.335 e. The summed E-state index contributed by atoms with van der Waals surface area (Å²) < 4.78 is 9.77. The summed E-state index contributed by atoms with van der Waals surface area (Å²) in [6, 6.07) is 0. The summed E-state index contributed by atoms with van der Waals surface area (Å²) in [6.45, 7) is 5.50. The lowest BCUT2D eigenvalue weighted by Gasteiger charge is -2.13. The molecule has 0 heterocycles. The number of hydrogen-bond donors (Lipinski definition) is 0. The van der Waals surface area contributed by atoms with Gasteiger partial charge in [-0.05, 0) is 20.3 Å². The maximum Gasteiger partial charge on any atom is 0.335 e. The maximum atomic E-state index is 11.0. The number of rotatable bonds is 4. The third kappa shape index (κ3) is 7.78. The molecule has 0 aliphatic heterocycles. The minimum Gasteiger partial charge on any atom is -0.461 e. The molecule has 2 atom stereocenters. The van der Waals surface area contributed by atoms with E-state index in [0.717, 1.165) is 6.42 Å². The monoisotopic (exact) mass is 192 g/mol. The number of esters is 1. The third-order valence-electron chi connectivity index (χ3n) is 1.58. The summed E-state index contributed by atoms with van der Waals surface area (Å²) >= 11 is 0. The highest BCUT2D eigenvalue weighted by atomic mass is 16.6. The van der Waals surface area contributed by atoms with Crippen molar-refractivity contribution in [3.05, 3.63) is 0 Å². The second-order valence-corrected chi connectivity index (χ2v) is 2.53. The summed E-state index contributed by atoms with van der Waals surface area (Å²) in [5, 5.41) is 0. The lowest BCUT2D eigenvalue weighted by Crippen LogP contribution is -2.25. The summed E-state index contributed by atoms with van der Waals surface area (Å²) in [6.07, 6.45) is 0.367. The fraction of sp³-hybridized carbons (Fsp3) is 0.900. The first kappa shape index (κ1) is 18.3. The van der Waals surface area contributed by atoms with Crippen molar-refractivity contribution < 1.29 is 14.3 Å². The number of carbonyl (C=O) groups is 1. The van der Waals surface area contributed by atoms with Crippen LogP contribution >= 0.6 is 0 Å². The van der Waals surface area contributed by atoms with Crippen molar-refractivity contribution in [1.29, 1.82) is 0 Å². The SMILES string of the molecule is C.C.CCC(C)OC(=O)C(C)OC. The van der Waals surface area contributed by atoms with Crippen LogP contribution in [0.15, 0.2) is 0 Å². The van der Waals surface area contributed by atoms with E-state index >= 15 is 0 Å². The molecule has 0 aliphatic rings. The zero-order chi connectivity index (χ0) is 8.85. The topological polar surface area (TPSA) is 35.5 Å². The van der Waals surface area contributed by atoms with Crippen LogP contribution in [-0.4, -0.2) is 25.3 Å². The van der Waals surface area contributed by atoms with Gasteiger partial charge in [0.25, 0.3) is 0 Å². The average Bonchev–Trinajstić information content (AvgIpc) is 2.02. The van der Waals surface area contributed by atoms with Crippen molar-refractivity contribution in [3.63, 3.8) is 0 Å². The first-order valence-electron chi connectivity index (χ1n) is 3.85. The lowest BCUT2D eigenvalue weighted by atomic mass is 10.3. The maximum absolute atomic E-state index is 11.0. The van der Waals surface area contributed by atoms with Gasteiger partial charge >= 0.3 is 5.97 Å². The molecule has 0 aromatic heterocycles. The molecule has 0 rings (SSSR count). The van der Waals surface area contributed by atoms with E-state index in [4.69, 9.17) is 9.47 Å². The Labute approximate surface area is 82.4 Å². The molecule has 0 bridgehead atoms. The molecular weight excluding hydrogens is 168 g/mol. The van der Waals surface area contributed by atoms with E-state index in [2.05, 4.69) is 0 Å². The van der Waals surface area contributed by atoms with Crippen molar-refractivity contribution in [1.82, 2.24) is 0 Å². The molecule has 82 valence electrons. The van der Waals surface area contributed by atoms with Crippen molar-refractivity contribution in [2.24, 2.45) is 0 Å². The normalized spacial score (nSPS) is 13.2.